The summed E-state index contributed by atoms with van der Waals surface area (Å²) in [6, 6.07) is 10.8. The second-order valence-electron chi connectivity index (χ2n) is 4.27. The maximum Gasteiger partial charge on any atom is 0.323 e. The molecule has 3 rings (SSSR count). The minimum absolute atomic E-state index is 0.0779. The summed E-state index contributed by atoms with van der Waals surface area (Å²) in [7, 11) is 0. The fourth-order valence-corrected chi connectivity index (χ4v) is 3.18. The molecule has 0 fully saturated rings. The smallest absolute Gasteiger partial charge is 0.306 e. The van der Waals surface area contributed by atoms with Gasteiger partial charge in [0.25, 0.3) is 0 Å². The van der Waals surface area contributed by atoms with Gasteiger partial charge in [0.2, 0.25) is 0 Å². The van der Waals surface area contributed by atoms with Gasteiger partial charge < -0.3 is 9.97 Å². The van der Waals surface area contributed by atoms with Gasteiger partial charge >= 0.3 is 5.69 Å². The molecule has 0 amide bonds. The van der Waals surface area contributed by atoms with Gasteiger partial charge in [-0.25, -0.2) is 4.79 Å². The van der Waals surface area contributed by atoms with Gasteiger partial charge in [-0.2, -0.15) is 0 Å². The van der Waals surface area contributed by atoms with E-state index >= 15 is 0 Å². The molecule has 0 saturated heterocycles. The number of ketones is 1. The Morgan fingerprint density at radius 1 is 1.05 bits per heavy atom. The van der Waals surface area contributed by atoms with Crippen LogP contribution >= 0.6 is 38.5 Å². The van der Waals surface area contributed by atoms with Crippen LogP contribution in [0.2, 0.25) is 0 Å². The summed E-state index contributed by atoms with van der Waals surface area (Å²) in [5, 5.41) is 0. The Morgan fingerprint density at radius 2 is 1.70 bits per heavy atom. The molecule has 2 N–H and O–H groups in total. The molecule has 0 bridgehead atoms. The molecule has 1 heterocycles. The molecule has 100 valence electrons. The van der Waals surface area contributed by atoms with Crippen molar-refractivity contribution in [2.24, 2.45) is 0 Å². The highest BCUT2D eigenvalue weighted by molar-refractivity contribution is 14.1. The predicted octanol–water partition coefficient (Wildman–Crippen LogP) is 3.45. The molecule has 4 nitrogen and oxygen atoms in total. The van der Waals surface area contributed by atoms with Crippen LogP contribution in [0.1, 0.15) is 15.9 Å². The van der Waals surface area contributed by atoms with Gasteiger partial charge in [0, 0.05) is 19.2 Å². The molecule has 0 saturated carbocycles. The second kappa shape index (κ2) is 5.17. The first-order valence-corrected chi connectivity index (χ1v) is 7.64. The second-order valence-corrected chi connectivity index (χ2v) is 6.28. The number of fused-ring (bicyclic) bond motifs is 1. The van der Waals surface area contributed by atoms with Gasteiger partial charge in [-0.05, 0) is 62.8 Å². The standard InChI is InChI=1S/C14H8BrIN2O2/c15-9-6-12-11(17-14(20)18-12)5-8(9)13(19)7-3-1-2-4-10(7)16/h1-6H,(H2,17,18,20). The fraction of sp³-hybridized carbons (Fsp3) is 0. The molecule has 0 spiro atoms. The summed E-state index contributed by atoms with van der Waals surface area (Å²) >= 11 is 5.53. The Morgan fingerprint density at radius 3 is 2.40 bits per heavy atom. The third-order valence-electron chi connectivity index (χ3n) is 2.97. The fourth-order valence-electron chi connectivity index (χ4n) is 2.02. The third kappa shape index (κ3) is 2.33. The average Bonchev–Trinajstić information content (AvgIpc) is 2.76. The van der Waals surface area contributed by atoms with Crippen LogP contribution in [-0.2, 0) is 0 Å². The number of H-pyrrole nitrogens is 2. The SMILES string of the molecule is O=C(c1cc2[nH]c(=O)[nH]c2cc1Br)c1ccccc1I. The van der Waals surface area contributed by atoms with Crippen molar-refractivity contribution in [2.75, 3.05) is 0 Å². The summed E-state index contributed by atoms with van der Waals surface area (Å²) in [6.07, 6.45) is 0. The number of halogens is 2. The molecule has 0 atom stereocenters. The lowest BCUT2D eigenvalue weighted by Gasteiger charge is -2.06. The molecule has 0 aliphatic rings. The normalized spacial score (nSPS) is 10.9. The quantitative estimate of drug-likeness (QED) is 0.471. The van der Waals surface area contributed by atoms with Gasteiger partial charge in [-0.15, -0.1) is 0 Å². The Kier molecular flexibility index (Phi) is 3.51. The van der Waals surface area contributed by atoms with Gasteiger partial charge in [-0.1, -0.05) is 12.1 Å². The maximum atomic E-state index is 12.6. The number of aromatic amines is 2. The number of imidazole rings is 1. The van der Waals surface area contributed by atoms with Gasteiger partial charge in [0.05, 0.1) is 11.0 Å². The van der Waals surface area contributed by atoms with Crippen LogP contribution in [0.4, 0.5) is 0 Å². The molecule has 20 heavy (non-hydrogen) atoms. The average molecular weight is 443 g/mol. The topological polar surface area (TPSA) is 65.7 Å². The van der Waals surface area contributed by atoms with Crippen LogP contribution < -0.4 is 5.69 Å². The molecular weight excluding hydrogens is 435 g/mol. The van der Waals surface area contributed by atoms with Crippen LogP contribution in [0.25, 0.3) is 11.0 Å². The number of hydrogen-bond acceptors (Lipinski definition) is 2. The number of aromatic nitrogens is 2. The van der Waals surface area contributed by atoms with Crippen molar-refractivity contribution < 1.29 is 4.79 Å². The van der Waals surface area contributed by atoms with E-state index in [1.165, 1.54) is 0 Å². The van der Waals surface area contributed by atoms with Crippen molar-refractivity contribution in [1.29, 1.82) is 0 Å². The summed E-state index contributed by atoms with van der Waals surface area (Å²) in [6.45, 7) is 0. The lowest BCUT2D eigenvalue weighted by atomic mass is 10.0. The Balaban J connectivity index is 2.19. The molecule has 2 aromatic carbocycles. The largest absolute Gasteiger partial charge is 0.323 e. The minimum atomic E-state index is -0.286. The molecule has 0 radical (unpaired) electrons. The molecule has 6 heteroatoms. The number of rotatable bonds is 2. The highest BCUT2D eigenvalue weighted by Gasteiger charge is 2.16. The molecular formula is C14H8BrIN2O2. The van der Waals surface area contributed by atoms with E-state index in [4.69, 9.17) is 0 Å². The van der Waals surface area contributed by atoms with E-state index in [9.17, 15) is 9.59 Å². The van der Waals surface area contributed by atoms with E-state index in [-0.39, 0.29) is 11.5 Å². The van der Waals surface area contributed by atoms with E-state index in [0.29, 0.717) is 26.6 Å². The molecule has 1 aromatic heterocycles. The number of hydrogen-bond donors (Lipinski definition) is 2. The van der Waals surface area contributed by atoms with Crippen molar-refractivity contribution in [3.05, 3.63) is 66.1 Å². The first-order chi connectivity index (χ1) is 9.56. The molecule has 3 aromatic rings. The maximum absolute atomic E-state index is 12.6. The Hall–Kier alpha value is -1.41. The van der Waals surface area contributed by atoms with E-state index < -0.39 is 0 Å². The van der Waals surface area contributed by atoms with Crippen LogP contribution in [0, 0.1) is 3.57 Å². The highest BCUT2D eigenvalue weighted by Crippen LogP contribution is 2.25. The van der Waals surface area contributed by atoms with E-state index in [1.54, 1.807) is 18.2 Å². The van der Waals surface area contributed by atoms with E-state index in [1.807, 2.05) is 18.2 Å². The number of carbonyl (C=O) groups is 1. The van der Waals surface area contributed by atoms with Crippen LogP contribution in [0.3, 0.4) is 0 Å². The third-order valence-corrected chi connectivity index (χ3v) is 4.56. The number of nitrogens with one attached hydrogen (secondary N) is 2. The lowest BCUT2D eigenvalue weighted by molar-refractivity contribution is 0.103. The summed E-state index contributed by atoms with van der Waals surface area (Å²) in [5.74, 6) is -0.0779. The minimum Gasteiger partial charge on any atom is -0.306 e. The number of carbonyl (C=O) groups excluding carboxylic acids is 1. The highest BCUT2D eigenvalue weighted by atomic mass is 127. The first kappa shape index (κ1) is 13.6. The van der Waals surface area contributed by atoms with Crippen molar-refractivity contribution in [1.82, 2.24) is 9.97 Å². The first-order valence-electron chi connectivity index (χ1n) is 5.77. The van der Waals surface area contributed by atoms with Crippen molar-refractivity contribution in [2.45, 2.75) is 0 Å². The van der Waals surface area contributed by atoms with Crippen molar-refractivity contribution in [3.63, 3.8) is 0 Å². The van der Waals surface area contributed by atoms with E-state index in [2.05, 4.69) is 48.5 Å². The van der Waals surface area contributed by atoms with E-state index in [0.717, 1.165) is 3.57 Å². The summed E-state index contributed by atoms with van der Waals surface area (Å²) < 4.78 is 1.55. The van der Waals surface area contributed by atoms with Crippen LogP contribution in [-0.4, -0.2) is 15.8 Å². The zero-order valence-electron chi connectivity index (χ0n) is 10.0. The van der Waals surface area contributed by atoms with Crippen molar-refractivity contribution in [3.8, 4) is 0 Å². The summed E-state index contributed by atoms with van der Waals surface area (Å²) in [5.41, 5.74) is 2.17. The van der Waals surface area contributed by atoms with Gasteiger partial charge in [-0.3, -0.25) is 4.79 Å². The molecule has 0 unspecified atom stereocenters. The summed E-state index contributed by atoms with van der Waals surface area (Å²) in [4.78, 5) is 29.2. The zero-order valence-corrected chi connectivity index (χ0v) is 13.8. The number of benzene rings is 2. The van der Waals surface area contributed by atoms with Crippen LogP contribution in [0.15, 0.2) is 45.7 Å². The zero-order chi connectivity index (χ0) is 14.3. The predicted molar refractivity (Wildman–Crippen MR) is 89.2 cm³/mol. The monoisotopic (exact) mass is 442 g/mol. The van der Waals surface area contributed by atoms with Gasteiger partial charge in [0.15, 0.2) is 5.78 Å². The Bertz CT molecular complexity index is 882. The van der Waals surface area contributed by atoms with Gasteiger partial charge in [0.1, 0.15) is 0 Å². The molecule has 0 aliphatic heterocycles. The Labute approximate surface area is 135 Å². The molecule has 0 aliphatic carbocycles. The van der Waals surface area contributed by atoms with Crippen LogP contribution in [0.5, 0.6) is 0 Å². The lowest BCUT2D eigenvalue weighted by Crippen LogP contribution is -2.04. The van der Waals surface area contributed by atoms with Crippen molar-refractivity contribution >= 4 is 55.3 Å².